The quantitative estimate of drug-likeness (QED) is 0.150. The van der Waals surface area contributed by atoms with Crippen molar-refractivity contribution in [2.24, 2.45) is 5.92 Å². The first kappa shape index (κ1) is 29.9. The molecule has 0 aromatic carbocycles. The number of ether oxygens (including phenoxy) is 4. The van der Waals surface area contributed by atoms with Crippen molar-refractivity contribution in [3.63, 3.8) is 0 Å². The van der Waals surface area contributed by atoms with Crippen molar-refractivity contribution in [3.05, 3.63) is 0 Å². The van der Waals surface area contributed by atoms with Gasteiger partial charge in [-0.05, 0) is 25.2 Å². The fourth-order valence-corrected chi connectivity index (χ4v) is 2.85. The van der Waals surface area contributed by atoms with Gasteiger partial charge in [-0.15, -0.1) is 0 Å². The molecule has 0 saturated carbocycles. The number of unbranched alkanes of at least 4 members (excludes halogenated alkanes) is 2. The minimum atomic E-state index is -4.10. The summed E-state index contributed by atoms with van der Waals surface area (Å²) in [5, 5.41) is 0. The Balaban J connectivity index is 0. The molecule has 0 aromatic rings. The Morgan fingerprint density at radius 1 is 0.778 bits per heavy atom. The van der Waals surface area contributed by atoms with Gasteiger partial charge in [-0.3, -0.25) is 0 Å². The van der Waals surface area contributed by atoms with Gasteiger partial charge in [-0.25, -0.2) is 8.42 Å². The molecule has 0 bridgehead atoms. The second-order valence-corrected chi connectivity index (χ2v) is 7.82. The molecule has 0 N–H and O–H groups in total. The van der Waals surface area contributed by atoms with Crippen molar-refractivity contribution in [1.29, 1.82) is 0 Å². The van der Waals surface area contributed by atoms with Crippen LogP contribution < -0.4 is 29.6 Å². The molecule has 0 fully saturated rings. The Hall–Kier alpha value is 0.750. The third-order valence-electron chi connectivity index (χ3n) is 3.95. The molecule has 0 aromatic heterocycles. The predicted molar refractivity (Wildman–Crippen MR) is 100 cm³/mol. The number of hydrogen-bond acceptors (Lipinski definition) is 7. The molecule has 27 heavy (non-hydrogen) atoms. The van der Waals surface area contributed by atoms with E-state index in [1.54, 1.807) is 0 Å². The second-order valence-electron chi connectivity index (χ2n) is 6.30. The van der Waals surface area contributed by atoms with Crippen molar-refractivity contribution in [2.45, 2.75) is 52.4 Å². The van der Waals surface area contributed by atoms with Gasteiger partial charge in [-0.2, -0.15) is 0 Å². The van der Waals surface area contributed by atoms with Crippen molar-refractivity contribution < 1.29 is 61.5 Å². The standard InChI is InChI=1S/C18H38O7S.Na/c1-3-5-8-18(4-2)17-25-15-14-24-13-12-23-11-10-22-9-6-7-16-26(19,20)21;/h18H,3-17H2,1-2H3,(H,19,20,21);/q;+1/p-1. The molecule has 0 radical (unpaired) electrons. The molecule has 0 spiro atoms. The molecule has 0 aliphatic heterocycles. The Labute approximate surface area is 187 Å². The molecule has 0 amide bonds. The summed E-state index contributed by atoms with van der Waals surface area (Å²) >= 11 is 0. The zero-order valence-electron chi connectivity index (χ0n) is 17.4. The van der Waals surface area contributed by atoms with Crippen LogP contribution in [0.1, 0.15) is 52.4 Å². The zero-order chi connectivity index (χ0) is 19.5. The molecular weight excluding hydrogens is 383 g/mol. The van der Waals surface area contributed by atoms with E-state index in [0.717, 1.165) is 13.0 Å². The van der Waals surface area contributed by atoms with E-state index in [-0.39, 0.29) is 35.3 Å². The molecule has 0 aliphatic carbocycles. The monoisotopic (exact) mass is 420 g/mol. The average molecular weight is 421 g/mol. The van der Waals surface area contributed by atoms with Gasteiger partial charge in [-0.1, -0.05) is 33.1 Å². The van der Waals surface area contributed by atoms with Gasteiger partial charge in [0, 0.05) is 19.0 Å². The first-order chi connectivity index (χ1) is 12.5. The summed E-state index contributed by atoms with van der Waals surface area (Å²) in [4.78, 5) is 0. The molecule has 0 rings (SSSR count). The van der Waals surface area contributed by atoms with Crippen LogP contribution in [0.15, 0.2) is 0 Å². The van der Waals surface area contributed by atoms with Crippen LogP contribution in [-0.2, 0) is 29.1 Å². The Kier molecular flexibility index (Phi) is 23.8. The predicted octanol–water partition coefficient (Wildman–Crippen LogP) is -0.401. The zero-order valence-corrected chi connectivity index (χ0v) is 20.3. The largest absolute Gasteiger partial charge is 1.00 e. The summed E-state index contributed by atoms with van der Waals surface area (Å²) in [6, 6.07) is 0. The van der Waals surface area contributed by atoms with Crippen molar-refractivity contribution in [3.8, 4) is 0 Å². The van der Waals surface area contributed by atoms with E-state index in [1.807, 2.05) is 0 Å². The maximum absolute atomic E-state index is 10.4. The third kappa shape index (κ3) is 24.7. The maximum Gasteiger partial charge on any atom is 1.00 e. The van der Waals surface area contributed by atoms with Gasteiger partial charge in [0.1, 0.15) is 0 Å². The Morgan fingerprint density at radius 3 is 1.78 bits per heavy atom. The van der Waals surface area contributed by atoms with E-state index in [1.165, 1.54) is 19.3 Å². The van der Waals surface area contributed by atoms with Crippen LogP contribution in [0.3, 0.4) is 0 Å². The van der Waals surface area contributed by atoms with Crippen LogP contribution >= 0.6 is 0 Å². The van der Waals surface area contributed by atoms with Crippen LogP contribution in [0.4, 0.5) is 0 Å². The van der Waals surface area contributed by atoms with E-state index >= 15 is 0 Å². The fourth-order valence-electron chi connectivity index (χ4n) is 2.29. The van der Waals surface area contributed by atoms with Gasteiger partial charge < -0.3 is 23.5 Å². The SMILES string of the molecule is CCCCC(CC)COCCOCCOCCOCCCCS(=O)(=O)[O-].[Na+]. The van der Waals surface area contributed by atoms with Gasteiger partial charge >= 0.3 is 29.6 Å². The topological polar surface area (TPSA) is 94.1 Å². The van der Waals surface area contributed by atoms with Crippen LogP contribution in [0.25, 0.3) is 0 Å². The van der Waals surface area contributed by atoms with Gasteiger partial charge in [0.15, 0.2) is 0 Å². The van der Waals surface area contributed by atoms with E-state index < -0.39 is 10.1 Å². The van der Waals surface area contributed by atoms with Crippen molar-refractivity contribution in [1.82, 2.24) is 0 Å². The van der Waals surface area contributed by atoms with Gasteiger partial charge in [0.25, 0.3) is 0 Å². The first-order valence-electron chi connectivity index (χ1n) is 9.74. The van der Waals surface area contributed by atoms with Crippen LogP contribution in [0, 0.1) is 5.92 Å². The van der Waals surface area contributed by atoms with Crippen molar-refractivity contribution in [2.75, 3.05) is 58.6 Å². The molecular formula is C18H37NaO7S. The molecule has 0 heterocycles. The number of rotatable bonds is 20. The molecule has 1 unspecified atom stereocenters. The average Bonchev–Trinajstić information content (AvgIpc) is 2.60. The minimum absolute atomic E-state index is 0. The minimum Gasteiger partial charge on any atom is -0.748 e. The number of hydrogen-bond donors (Lipinski definition) is 0. The molecule has 0 saturated heterocycles. The second kappa shape index (κ2) is 21.5. The molecule has 9 heteroatoms. The van der Waals surface area contributed by atoms with E-state index in [0.29, 0.717) is 65.0 Å². The van der Waals surface area contributed by atoms with Crippen molar-refractivity contribution >= 4 is 10.1 Å². The Morgan fingerprint density at radius 2 is 1.30 bits per heavy atom. The molecule has 7 nitrogen and oxygen atoms in total. The van der Waals surface area contributed by atoms with Crippen LogP contribution in [0.2, 0.25) is 0 Å². The van der Waals surface area contributed by atoms with Crippen LogP contribution in [0.5, 0.6) is 0 Å². The summed E-state index contributed by atoms with van der Waals surface area (Å²) in [6.45, 7) is 8.80. The fraction of sp³-hybridized carbons (Fsp3) is 1.00. The third-order valence-corrected chi connectivity index (χ3v) is 4.73. The maximum atomic E-state index is 10.4. The summed E-state index contributed by atoms with van der Waals surface area (Å²) in [5.74, 6) is 0.328. The molecule has 158 valence electrons. The summed E-state index contributed by atoms with van der Waals surface area (Å²) in [7, 11) is -4.10. The van der Waals surface area contributed by atoms with E-state index in [4.69, 9.17) is 18.9 Å². The Bertz CT molecular complexity index is 393. The molecule has 0 aliphatic rings. The first-order valence-corrected chi connectivity index (χ1v) is 11.3. The van der Waals surface area contributed by atoms with E-state index in [9.17, 15) is 13.0 Å². The molecule has 1 atom stereocenters. The van der Waals surface area contributed by atoms with Crippen LogP contribution in [-0.4, -0.2) is 71.6 Å². The normalized spacial score (nSPS) is 12.7. The smallest absolute Gasteiger partial charge is 0.748 e. The summed E-state index contributed by atoms with van der Waals surface area (Å²) in [6.07, 6.45) is 5.79. The summed E-state index contributed by atoms with van der Waals surface area (Å²) < 4.78 is 52.9. The van der Waals surface area contributed by atoms with Gasteiger partial charge in [0.05, 0.1) is 49.8 Å². The van der Waals surface area contributed by atoms with Gasteiger partial charge in [0.2, 0.25) is 0 Å². The van der Waals surface area contributed by atoms with E-state index in [2.05, 4.69) is 13.8 Å². The summed E-state index contributed by atoms with van der Waals surface area (Å²) in [5.41, 5.74) is 0.